The van der Waals surface area contributed by atoms with Crippen LogP contribution < -0.4 is 0 Å². The first-order valence-corrected chi connectivity index (χ1v) is 9.92. The fourth-order valence-corrected chi connectivity index (χ4v) is 4.38. The number of Topliss-reactive ketones (excluding diaryl/α,β-unsaturated/α-hetero) is 1. The maximum atomic E-state index is 14.0. The summed E-state index contributed by atoms with van der Waals surface area (Å²) in [7, 11) is 0. The summed E-state index contributed by atoms with van der Waals surface area (Å²) in [5, 5.41) is 0. The zero-order chi connectivity index (χ0) is 19.6. The van der Waals surface area contributed by atoms with Gasteiger partial charge in [0.2, 0.25) is 0 Å². The number of aromatic nitrogens is 2. The standard InChI is InChI=1S/C22H25FN2O3/c1-2-19(26)16-14-24-20(25-15-16)13-21(17-4-3-5-18(23)12-17)6-8-22(9-7-21)27-10-11-28-22/h3-5,12,14-15H,2,6-11,13H2,1H3. The minimum absolute atomic E-state index is 0.0292. The van der Waals surface area contributed by atoms with Crippen LogP contribution in [-0.2, 0) is 21.3 Å². The van der Waals surface area contributed by atoms with E-state index in [-0.39, 0.29) is 17.0 Å². The predicted molar refractivity (Wildman–Crippen MR) is 102 cm³/mol. The molecule has 28 heavy (non-hydrogen) atoms. The molecule has 0 radical (unpaired) electrons. The van der Waals surface area contributed by atoms with Crippen molar-refractivity contribution in [3.8, 4) is 0 Å². The molecule has 4 rings (SSSR count). The summed E-state index contributed by atoms with van der Waals surface area (Å²) in [5.41, 5.74) is 1.21. The summed E-state index contributed by atoms with van der Waals surface area (Å²) in [6.07, 6.45) is 7.34. The zero-order valence-corrected chi connectivity index (χ0v) is 16.1. The fourth-order valence-electron chi connectivity index (χ4n) is 4.38. The van der Waals surface area contributed by atoms with Crippen LogP contribution >= 0.6 is 0 Å². The Bertz CT molecular complexity index is 837. The Labute approximate surface area is 164 Å². The molecule has 1 aromatic carbocycles. The highest BCUT2D eigenvalue weighted by Gasteiger charge is 2.47. The number of hydrogen-bond donors (Lipinski definition) is 0. The molecular formula is C22H25FN2O3. The second-order valence-corrected chi connectivity index (χ2v) is 7.74. The van der Waals surface area contributed by atoms with Gasteiger partial charge in [-0.25, -0.2) is 14.4 Å². The lowest BCUT2D eigenvalue weighted by Gasteiger charge is -2.44. The second kappa shape index (κ2) is 7.68. The molecule has 0 amide bonds. The van der Waals surface area contributed by atoms with E-state index in [2.05, 4.69) is 9.97 Å². The van der Waals surface area contributed by atoms with Crippen LogP contribution in [0.5, 0.6) is 0 Å². The smallest absolute Gasteiger partial charge is 0.168 e. The number of nitrogens with zero attached hydrogens (tertiary/aromatic N) is 2. The van der Waals surface area contributed by atoms with E-state index in [1.807, 2.05) is 13.0 Å². The first-order valence-electron chi connectivity index (χ1n) is 9.92. The number of carbonyl (C=O) groups is 1. The molecule has 1 saturated heterocycles. The van der Waals surface area contributed by atoms with Crippen LogP contribution in [0, 0.1) is 5.82 Å². The second-order valence-electron chi connectivity index (χ2n) is 7.74. The van der Waals surface area contributed by atoms with Crippen molar-refractivity contribution in [3.63, 3.8) is 0 Å². The van der Waals surface area contributed by atoms with Crippen molar-refractivity contribution >= 4 is 5.78 Å². The lowest BCUT2D eigenvalue weighted by molar-refractivity contribution is -0.185. The molecule has 1 aromatic heterocycles. The molecule has 0 N–H and O–H groups in total. The summed E-state index contributed by atoms with van der Waals surface area (Å²) in [5.74, 6) is -0.0345. The van der Waals surface area contributed by atoms with E-state index in [1.54, 1.807) is 24.5 Å². The van der Waals surface area contributed by atoms with Crippen molar-refractivity contribution in [2.45, 2.75) is 56.7 Å². The summed E-state index contributed by atoms with van der Waals surface area (Å²) in [6.45, 7) is 3.08. The largest absolute Gasteiger partial charge is 0.348 e. The normalized spacial score (nSPS) is 20.4. The van der Waals surface area contributed by atoms with E-state index in [1.165, 1.54) is 6.07 Å². The van der Waals surface area contributed by atoms with Crippen LogP contribution in [0.3, 0.4) is 0 Å². The molecule has 1 aliphatic heterocycles. The van der Waals surface area contributed by atoms with Crippen molar-refractivity contribution in [1.82, 2.24) is 9.97 Å². The highest BCUT2D eigenvalue weighted by atomic mass is 19.1. The molecule has 0 unspecified atom stereocenters. The molecule has 0 atom stereocenters. The van der Waals surface area contributed by atoms with Gasteiger partial charge in [-0.15, -0.1) is 0 Å². The molecule has 6 heteroatoms. The maximum absolute atomic E-state index is 14.0. The van der Waals surface area contributed by atoms with Crippen molar-refractivity contribution in [2.75, 3.05) is 13.2 Å². The monoisotopic (exact) mass is 384 g/mol. The molecule has 2 aromatic rings. The number of rotatable bonds is 5. The molecule has 148 valence electrons. The Morgan fingerprint density at radius 1 is 1.11 bits per heavy atom. The van der Waals surface area contributed by atoms with Gasteiger partial charge in [0.1, 0.15) is 11.6 Å². The molecule has 2 fully saturated rings. The Balaban J connectivity index is 1.61. The third-order valence-corrected chi connectivity index (χ3v) is 6.06. The van der Waals surface area contributed by atoms with Gasteiger partial charge >= 0.3 is 0 Å². The van der Waals surface area contributed by atoms with Gasteiger partial charge in [-0.05, 0) is 30.5 Å². The molecule has 0 bridgehead atoms. The van der Waals surface area contributed by atoms with Gasteiger partial charge in [0.15, 0.2) is 11.6 Å². The van der Waals surface area contributed by atoms with Gasteiger partial charge in [-0.1, -0.05) is 19.1 Å². The number of ether oxygens (including phenoxy) is 2. The molecular weight excluding hydrogens is 359 g/mol. The van der Waals surface area contributed by atoms with Gasteiger partial charge in [-0.2, -0.15) is 0 Å². The lowest BCUT2D eigenvalue weighted by atomic mass is 9.65. The number of ketones is 1. The number of halogens is 1. The van der Waals surface area contributed by atoms with Crippen LogP contribution in [0.25, 0.3) is 0 Å². The van der Waals surface area contributed by atoms with Crippen LogP contribution in [0.15, 0.2) is 36.7 Å². The van der Waals surface area contributed by atoms with Gasteiger partial charge in [-0.3, -0.25) is 4.79 Å². The molecule has 5 nitrogen and oxygen atoms in total. The van der Waals surface area contributed by atoms with E-state index in [0.717, 1.165) is 31.2 Å². The van der Waals surface area contributed by atoms with Gasteiger partial charge < -0.3 is 9.47 Å². The molecule has 2 aliphatic rings. The first-order chi connectivity index (χ1) is 13.5. The summed E-state index contributed by atoms with van der Waals surface area (Å²) in [4.78, 5) is 20.7. The Morgan fingerprint density at radius 3 is 2.39 bits per heavy atom. The SMILES string of the molecule is CCC(=O)c1cnc(CC2(c3cccc(F)c3)CCC3(CC2)OCCO3)nc1. The van der Waals surface area contributed by atoms with Crippen molar-refractivity contribution in [2.24, 2.45) is 0 Å². The summed E-state index contributed by atoms with van der Waals surface area (Å²) in [6, 6.07) is 6.81. The molecule has 1 aliphatic carbocycles. The fraction of sp³-hybridized carbons (Fsp3) is 0.500. The zero-order valence-electron chi connectivity index (χ0n) is 16.1. The first kappa shape index (κ1) is 19.2. The minimum atomic E-state index is -0.491. The van der Waals surface area contributed by atoms with Crippen molar-refractivity contribution in [3.05, 3.63) is 59.4 Å². The third-order valence-electron chi connectivity index (χ3n) is 6.06. The van der Waals surface area contributed by atoms with Gasteiger partial charge in [0.25, 0.3) is 0 Å². The summed E-state index contributed by atoms with van der Waals surface area (Å²) < 4.78 is 25.7. The highest BCUT2D eigenvalue weighted by Crippen LogP contribution is 2.47. The van der Waals surface area contributed by atoms with Crippen LogP contribution in [-0.4, -0.2) is 34.8 Å². The average Bonchev–Trinajstić information content (AvgIpc) is 3.18. The van der Waals surface area contributed by atoms with Crippen LogP contribution in [0.1, 0.15) is 60.8 Å². The number of hydrogen-bond acceptors (Lipinski definition) is 5. The number of benzene rings is 1. The topological polar surface area (TPSA) is 61.3 Å². The Morgan fingerprint density at radius 2 is 1.79 bits per heavy atom. The van der Waals surface area contributed by atoms with Crippen molar-refractivity contribution in [1.29, 1.82) is 0 Å². The van der Waals surface area contributed by atoms with E-state index in [4.69, 9.17) is 9.47 Å². The van der Waals surface area contributed by atoms with Crippen LogP contribution in [0.4, 0.5) is 4.39 Å². The molecule has 1 saturated carbocycles. The Kier molecular flexibility index (Phi) is 5.25. The van der Waals surface area contributed by atoms with E-state index in [9.17, 15) is 9.18 Å². The maximum Gasteiger partial charge on any atom is 0.168 e. The van der Waals surface area contributed by atoms with Crippen molar-refractivity contribution < 1.29 is 18.7 Å². The third kappa shape index (κ3) is 3.71. The Hall–Kier alpha value is -2.18. The highest BCUT2D eigenvalue weighted by molar-refractivity contribution is 5.95. The number of carbonyl (C=O) groups excluding carboxylic acids is 1. The van der Waals surface area contributed by atoms with Crippen LogP contribution in [0.2, 0.25) is 0 Å². The quantitative estimate of drug-likeness (QED) is 0.729. The summed E-state index contributed by atoms with van der Waals surface area (Å²) >= 11 is 0. The minimum Gasteiger partial charge on any atom is -0.348 e. The predicted octanol–water partition coefficient (Wildman–Crippen LogP) is 4.01. The lowest BCUT2D eigenvalue weighted by Crippen LogP contribution is -2.43. The van der Waals surface area contributed by atoms with E-state index < -0.39 is 5.79 Å². The van der Waals surface area contributed by atoms with E-state index in [0.29, 0.717) is 37.4 Å². The average molecular weight is 384 g/mol. The van der Waals surface area contributed by atoms with Gasteiger partial charge in [0, 0.05) is 43.5 Å². The molecule has 1 spiro atoms. The van der Waals surface area contributed by atoms with Gasteiger partial charge in [0.05, 0.1) is 18.8 Å². The van der Waals surface area contributed by atoms with E-state index >= 15 is 0 Å². The molecule has 2 heterocycles.